The number of carbonyl (C=O) groups is 4. The fraction of sp³-hybridized carbons (Fsp3) is 0.111. The molecule has 0 saturated heterocycles. The van der Waals surface area contributed by atoms with Crippen LogP contribution in [0, 0.1) is 0 Å². The maximum atomic E-state index is 12.3. The summed E-state index contributed by atoms with van der Waals surface area (Å²) in [5, 5.41) is 0. The number of imide groups is 2. The molecule has 0 atom stereocenters. The Balaban J connectivity index is 1.53. The fourth-order valence-electron chi connectivity index (χ4n) is 3.08. The Hall–Kier alpha value is -3.28. The summed E-state index contributed by atoms with van der Waals surface area (Å²) in [6, 6.07) is 13.1. The molecular weight excluding hydrogens is 308 g/mol. The van der Waals surface area contributed by atoms with Crippen LogP contribution in [0.15, 0.2) is 48.5 Å². The molecular formula is C18H12N2O4. The highest BCUT2D eigenvalue weighted by Crippen LogP contribution is 2.24. The molecule has 4 rings (SSSR count). The number of hydrogen-bond donors (Lipinski definition) is 0. The molecule has 118 valence electrons. The zero-order valence-corrected chi connectivity index (χ0v) is 12.6. The maximum Gasteiger partial charge on any atom is 0.261 e. The third-order valence-electron chi connectivity index (χ3n) is 4.30. The van der Waals surface area contributed by atoms with Gasteiger partial charge in [-0.3, -0.25) is 29.0 Å². The highest BCUT2D eigenvalue weighted by atomic mass is 16.2. The second-order valence-corrected chi connectivity index (χ2v) is 5.62. The third-order valence-corrected chi connectivity index (χ3v) is 4.30. The Morgan fingerprint density at radius 3 is 1.00 bits per heavy atom. The first kappa shape index (κ1) is 14.3. The minimum Gasteiger partial charge on any atom is -0.273 e. The first-order chi connectivity index (χ1) is 11.6. The number of amides is 4. The molecule has 0 aromatic heterocycles. The Kier molecular flexibility index (Phi) is 3.06. The molecule has 2 aliphatic heterocycles. The van der Waals surface area contributed by atoms with E-state index in [-0.39, 0.29) is 13.1 Å². The van der Waals surface area contributed by atoms with Crippen LogP contribution in [0.25, 0.3) is 0 Å². The summed E-state index contributed by atoms with van der Waals surface area (Å²) < 4.78 is 0. The second-order valence-electron chi connectivity index (χ2n) is 5.62. The summed E-state index contributed by atoms with van der Waals surface area (Å²) in [7, 11) is 0. The first-order valence-corrected chi connectivity index (χ1v) is 7.50. The van der Waals surface area contributed by atoms with Crippen LogP contribution in [-0.2, 0) is 0 Å². The van der Waals surface area contributed by atoms with E-state index < -0.39 is 23.6 Å². The van der Waals surface area contributed by atoms with Gasteiger partial charge in [-0.1, -0.05) is 24.3 Å². The quantitative estimate of drug-likeness (QED) is 0.805. The Morgan fingerprint density at radius 2 is 0.750 bits per heavy atom. The Labute approximate surface area is 137 Å². The van der Waals surface area contributed by atoms with Gasteiger partial charge < -0.3 is 0 Å². The predicted molar refractivity (Wildman–Crippen MR) is 83.6 cm³/mol. The van der Waals surface area contributed by atoms with Gasteiger partial charge in [0.1, 0.15) is 0 Å². The maximum absolute atomic E-state index is 12.3. The van der Waals surface area contributed by atoms with Crippen molar-refractivity contribution in [3.05, 3.63) is 70.8 Å². The average Bonchev–Trinajstić information content (AvgIpc) is 3.00. The van der Waals surface area contributed by atoms with Crippen LogP contribution in [-0.4, -0.2) is 46.5 Å². The van der Waals surface area contributed by atoms with E-state index in [0.717, 1.165) is 9.80 Å². The molecule has 6 heteroatoms. The molecule has 0 saturated carbocycles. The number of carbonyl (C=O) groups excluding carboxylic acids is 4. The predicted octanol–water partition coefficient (Wildman–Crippen LogP) is 1.58. The van der Waals surface area contributed by atoms with E-state index >= 15 is 0 Å². The van der Waals surface area contributed by atoms with Gasteiger partial charge in [-0.2, -0.15) is 0 Å². The molecule has 2 heterocycles. The molecule has 6 nitrogen and oxygen atoms in total. The highest BCUT2D eigenvalue weighted by molar-refractivity contribution is 6.22. The summed E-state index contributed by atoms with van der Waals surface area (Å²) >= 11 is 0. The fourth-order valence-corrected chi connectivity index (χ4v) is 3.08. The van der Waals surface area contributed by atoms with Crippen molar-refractivity contribution in [2.45, 2.75) is 0 Å². The molecule has 2 aliphatic rings. The van der Waals surface area contributed by atoms with Gasteiger partial charge in [0.25, 0.3) is 23.6 Å². The highest BCUT2D eigenvalue weighted by Gasteiger charge is 2.38. The lowest BCUT2D eigenvalue weighted by atomic mass is 10.1. The van der Waals surface area contributed by atoms with Gasteiger partial charge in [-0.15, -0.1) is 0 Å². The van der Waals surface area contributed by atoms with Gasteiger partial charge in [0.2, 0.25) is 0 Å². The normalized spacial score (nSPS) is 16.0. The number of hydrogen-bond acceptors (Lipinski definition) is 4. The van der Waals surface area contributed by atoms with Crippen LogP contribution in [0.2, 0.25) is 0 Å². The van der Waals surface area contributed by atoms with E-state index in [2.05, 4.69) is 0 Å². The zero-order chi connectivity index (χ0) is 16.8. The van der Waals surface area contributed by atoms with E-state index in [9.17, 15) is 19.2 Å². The van der Waals surface area contributed by atoms with Crippen molar-refractivity contribution in [3.8, 4) is 0 Å². The SMILES string of the molecule is O=C1c2ccccc2C(=O)N1CCN1C(=O)c2ccccc2C1=O. The molecule has 24 heavy (non-hydrogen) atoms. The molecule has 2 aromatic rings. The lowest BCUT2D eigenvalue weighted by molar-refractivity contribution is 0.0561. The van der Waals surface area contributed by atoms with Crippen molar-refractivity contribution in [2.24, 2.45) is 0 Å². The van der Waals surface area contributed by atoms with Crippen LogP contribution < -0.4 is 0 Å². The van der Waals surface area contributed by atoms with E-state index in [1.807, 2.05) is 0 Å². The number of benzene rings is 2. The molecule has 0 N–H and O–H groups in total. The van der Waals surface area contributed by atoms with Crippen LogP contribution in [0.1, 0.15) is 41.4 Å². The smallest absolute Gasteiger partial charge is 0.261 e. The minimum atomic E-state index is -0.396. The molecule has 0 spiro atoms. The third kappa shape index (κ3) is 1.89. The lowest BCUT2D eigenvalue weighted by Crippen LogP contribution is -2.40. The number of rotatable bonds is 3. The molecule has 0 radical (unpaired) electrons. The standard InChI is InChI=1S/C18H12N2O4/c21-15-11-5-1-2-6-12(11)16(22)19(15)9-10-20-17(23)13-7-3-4-8-14(13)18(20)24/h1-8H,9-10H2. The summed E-state index contributed by atoms with van der Waals surface area (Å²) in [6.07, 6.45) is 0. The van der Waals surface area contributed by atoms with Gasteiger partial charge in [0.05, 0.1) is 22.3 Å². The molecule has 0 fully saturated rings. The van der Waals surface area contributed by atoms with Gasteiger partial charge in [-0.25, -0.2) is 0 Å². The van der Waals surface area contributed by atoms with Crippen LogP contribution >= 0.6 is 0 Å². The van der Waals surface area contributed by atoms with Gasteiger partial charge in [0.15, 0.2) is 0 Å². The van der Waals surface area contributed by atoms with Gasteiger partial charge >= 0.3 is 0 Å². The van der Waals surface area contributed by atoms with E-state index in [1.165, 1.54) is 0 Å². The van der Waals surface area contributed by atoms with E-state index in [4.69, 9.17) is 0 Å². The summed E-state index contributed by atoms with van der Waals surface area (Å²) in [6.45, 7) is -0.0321. The topological polar surface area (TPSA) is 74.8 Å². The number of fused-ring (bicyclic) bond motifs is 2. The summed E-state index contributed by atoms with van der Waals surface area (Å²) in [5.74, 6) is -1.58. The van der Waals surface area contributed by atoms with Crippen LogP contribution in [0.5, 0.6) is 0 Å². The molecule has 0 bridgehead atoms. The minimum absolute atomic E-state index is 0.0161. The second kappa shape index (κ2) is 5.13. The largest absolute Gasteiger partial charge is 0.273 e. The van der Waals surface area contributed by atoms with Crippen LogP contribution in [0.4, 0.5) is 0 Å². The van der Waals surface area contributed by atoms with Gasteiger partial charge in [0, 0.05) is 13.1 Å². The van der Waals surface area contributed by atoms with E-state index in [1.54, 1.807) is 48.5 Å². The first-order valence-electron chi connectivity index (χ1n) is 7.50. The van der Waals surface area contributed by atoms with Crippen molar-refractivity contribution in [1.82, 2.24) is 9.80 Å². The van der Waals surface area contributed by atoms with Crippen LogP contribution in [0.3, 0.4) is 0 Å². The van der Waals surface area contributed by atoms with Crippen molar-refractivity contribution in [1.29, 1.82) is 0 Å². The van der Waals surface area contributed by atoms with Crippen molar-refractivity contribution >= 4 is 23.6 Å². The van der Waals surface area contributed by atoms with Crippen molar-refractivity contribution in [3.63, 3.8) is 0 Å². The lowest BCUT2D eigenvalue weighted by Gasteiger charge is -2.18. The Morgan fingerprint density at radius 1 is 0.500 bits per heavy atom. The molecule has 2 aromatic carbocycles. The Bertz CT molecular complexity index is 773. The zero-order valence-electron chi connectivity index (χ0n) is 12.6. The average molecular weight is 320 g/mol. The van der Waals surface area contributed by atoms with Gasteiger partial charge in [-0.05, 0) is 24.3 Å². The molecule has 4 amide bonds. The summed E-state index contributed by atoms with van der Waals surface area (Å²) in [4.78, 5) is 51.4. The summed E-state index contributed by atoms with van der Waals surface area (Å²) in [5.41, 5.74) is 1.41. The monoisotopic (exact) mass is 320 g/mol. The molecule has 0 aliphatic carbocycles. The van der Waals surface area contributed by atoms with E-state index in [0.29, 0.717) is 22.3 Å². The van der Waals surface area contributed by atoms with Crippen molar-refractivity contribution < 1.29 is 19.2 Å². The molecule has 0 unspecified atom stereocenters. The van der Waals surface area contributed by atoms with Crippen molar-refractivity contribution in [2.75, 3.05) is 13.1 Å². The number of nitrogens with zero attached hydrogens (tertiary/aromatic N) is 2.